The van der Waals surface area contributed by atoms with Crippen LogP contribution in [0.4, 0.5) is 0 Å². The number of benzene rings is 1. The number of hydrogen-bond acceptors (Lipinski definition) is 4. The third-order valence-corrected chi connectivity index (χ3v) is 3.60. The number of methoxy groups -OCH3 is 2. The summed E-state index contributed by atoms with van der Waals surface area (Å²) in [5, 5.41) is 0. The normalized spacial score (nSPS) is 16.4. The van der Waals surface area contributed by atoms with E-state index >= 15 is 0 Å². The summed E-state index contributed by atoms with van der Waals surface area (Å²) in [5.41, 5.74) is 0.690. The van der Waals surface area contributed by atoms with Crippen molar-refractivity contribution in [2.75, 3.05) is 14.2 Å². The molecular weight excluding hydrogens is 244 g/mol. The van der Waals surface area contributed by atoms with Crippen LogP contribution in [-0.4, -0.2) is 25.8 Å². The lowest BCUT2D eigenvalue weighted by Crippen LogP contribution is -2.45. The maximum Gasteiger partial charge on any atom is 0.309 e. The van der Waals surface area contributed by atoms with Crippen molar-refractivity contribution in [2.45, 2.75) is 38.2 Å². The van der Waals surface area contributed by atoms with Crippen molar-refractivity contribution in [2.24, 2.45) is 0 Å². The molecule has 0 saturated heterocycles. The molecule has 0 unspecified atom stereocenters. The molecule has 1 fully saturated rings. The number of aryl methyl sites for hydroxylation is 1. The van der Waals surface area contributed by atoms with Crippen molar-refractivity contribution in [3.05, 3.63) is 23.8 Å². The first-order chi connectivity index (χ1) is 9.08. The summed E-state index contributed by atoms with van der Waals surface area (Å²) in [6.45, 7) is 2.00. The van der Waals surface area contributed by atoms with E-state index in [1.807, 2.05) is 25.1 Å². The molecule has 1 saturated carbocycles. The Balaban J connectivity index is 2.16. The van der Waals surface area contributed by atoms with Gasteiger partial charge in [0.1, 0.15) is 5.60 Å². The van der Waals surface area contributed by atoms with Gasteiger partial charge in [-0.2, -0.15) is 0 Å². The fraction of sp³-hybridized carbons (Fsp3) is 0.533. The molecule has 19 heavy (non-hydrogen) atoms. The second-order valence-electron chi connectivity index (χ2n) is 5.05. The Labute approximate surface area is 113 Å². The van der Waals surface area contributed by atoms with Crippen molar-refractivity contribution < 1.29 is 19.0 Å². The Morgan fingerprint density at radius 2 is 2.00 bits per heavy atom. The molecule has 0 bridgehead atoms. The van der Waals surface area contributed by atoms with Gasteiger partial charge in [-0.15, -0.1) is 0 Å². The van der Waals surface area contributed by atoms with Gasteiger partial charge in [0.2, 0.25) is 0 Å². The predicted octanol–water partition coefficient (Wildman–Crippen LogP) is 2.87. The summed E-state index contributed by atoms with van der Waals surface area (Å²) in [6, 6.07) is 5.80. The average molecular weight is 264 g/mol. The third kappa shape index (κ3) is 3.00. The molecule has 4 nitrogen and oxygen atoms in total. The zero-order chi connectivity index (χ0) is 13.9. The Morgan fingerprint density at radius 3 is 2.53 bits per heavy atom. The average Bonchev–Trinajstić information content (AvgIpc) is 2.37. The Bertz CT molecular complexity index is 463. The first-order valence-corrected chi connectivity index (χ1v) is 6.49. The second kappa shape index (κ2) is 5.51. The van der Waals surface area contributed by atoms with Crippen molar-refractivity contribution >= 4 is 5.97 Å². The van der Waals surface area contributed by atoms with Gasteiger partial charge < -0.3 is 14.2 Å². The Kier molecular flexibility index (Phi) is 3.98. The van der Waals surface area contributed by atoms with Crippen LogP contribution in [0.5, 0.6) is 11.5 Å². The van der Waals surface area contributed by atoms with Crippen LogP contribution in [0.3, 0.4) is 0 Å². The van der Waals surface area contributed by atoms with E-state index in [1.54, 1.807) is 7.11 Å². The zero-order valence-corrected chi connectivity index (χ0v) is 11.7. The summed E-state index contributed by atoms with van der Waals surface area (Å²) in [6.07, 6.45) is 3.12. The van der Waals surface area contributed by atoms with E-state index in [0.717, 1.165) is 24.8 Å². The number of rotatable bonds is 5. The van der Waals surface area contributed by atoms with Crippen molar-refractivity contribution in [1.82, 2.24) is 0 Å². The van der Waals surface area contributed by atoms with E-state index in [2.05, 4.69) is 0 Å². The molecule has 0 aliphatic heterocycles. The minimum atomic E-state index is -0.421. The van der Waals surface area contributed by atoms with E-state index < -0.39 is 5.60 Å². The second-order valence-corrected chi connectivity index (χ2v) is 5.05. The van der Waals surface area contributed by atoms with Gasteiger partial charge in [-0.25, -0.2) is 0 Å². The molecule has 1 aliphatic carbocycles. The lowest BCUT2D eigenvalue weighted by atomic mass is 9.77. The topological polar surface area (TPSA) is 44.8 Å². The fourth-order valence-corrected chi connectivity index (χ4v) is 2.31. The van der Waals surface area contributed by atoms with Gasteiger partial charge in [0, 0.05) is 0 Å². The summed E-state index contributed by atoms with van der Waals surface area (Å²) in [4.78, 5) is 11.5. The minimum absolute atomic E-state index is 0.231. The van der Waals surface area contributed by atoms with Crippen LogP contribution in [0.2, 0.25) is 0 Å². The van der Waals surface area contributed by atoms with Gasteiger partial charge in [0.25, 0.3) is 0 Å². The van der Waals surface area contributed by atoms with E-state index in [0.29, 0.717) is 17.9 Å². The van der Waals surface area contributed by atoms with E-state index in [-0.39, 0.29) is 5.97 Å². The van der Waals surface area contributed by atoms with Gasteiger partial charge in [-0.3, -0.25) is 4.79 Å². The van der Waals surface area contributed by atoms with Crippen LogP contribution in [0, 0.1) is 6.92 Å². The molecule has 2 rings (SSSR count). The largest absolute Gasteiger partial charge is 0.493 e. The molecule has 0 amide bonds. The molecule has 0 heterocycles. The quantitative estimate of drug-likeness (QED) is 0.767. The molecule has 1 aromatic carbocycles. The van der Waals surface area contributed by atoms with E-state index in [9.17, 15) is 4.79 Å². The highest BCUT2D eigenvalue weighted by Gasteiger charge is 2.42. The van der Waals surface area contributed by atoms with Gasteiger partial charge in [-0.1, -0.05) is 6.07 Å². The number of ether oxygens (including phenoxy) is 3. The molecule has 4 heteroatoms. The Morgan fingerprint density at radius 1 is 1.26 bits per heavy atom. The maximum absolute atomic E-state index is 11.5. The van der Waals surface area contributed by atoms with Crippen molar-refractivity contribution in [3.63, 3.8) is 0 Å². The van der Waals surface area contributed by atoms with Crippen molar-refractivity contribution in [1.29, 1.82) is 0 Å². The van der Waals surface area contributed by atoms with Gasteiger partial charge in [0.15, 0.2) is 11.5 Å². The smallest absolute Gasteiger partial charge is 0.309 e. The fourth-order valence-electron chi connectivity index (χ4n) is 2.31. The maximum atomic E-state index is 11.5. The molecule has 1 aromatic rings. The van der Waals surface area contributed by atoms with Crippen LogP contribution in [0.15, 0.2) is 18.2 Å². The highest BCUT2D eigenvalue weighted by Crippen LogP contribution is 2.42. The number of esters is 1. The zero-order valence-electron chi connectivity index (χ0n) is 11.7. The van der Waals surface area contributed by atoms with Gasteiger partial charge in [-0.05, 0) is 43.9 Å². The lowest BCUT2D eigenvalue weighted by molar-refractivity contribution is -0.148. The number of carbonyl (C=O) groups excluding carboxylic acids is 1. The molecule has 0 radical (unpaired) electrons. The summed E-state index contributed by atoms with van der Waals surface area (Å²) in [5.74, 6) is 1.17. The molecule has 0 atom stereocenters. The third-order valence-electron chi connectivity index (χ3n) is 3.60. The van der Waals surface area contributed by atoms with E-state index in [1.165, 1.54) is 7.11 Å². The molecular formula is C15H20O4. The van der Waals surface area contributed by atoms with Crippen LogP contribution >= 0.6 is 0 Å². The summed E-state index contributed by atoms with van der Waals surface area (Å²) < 4.78 is 16.1. The number of hydrogen-bond donors (Lipinski definition) is 0. The molecule has 104 valence electrons. The van der Waals surface area contributed by atoms with Crippen LogP contribution in [-0.2, 0) is 9.53 Å². The number of carbonyl (C=O) groups is 1. The van der Waals surface area contributed by atoms with Crippen molar-refractivity contribution in [3.8, 4) is 11.5 Å². The van der Waals surface area contributed by atoms with Crippen LogP contribution in [0.25, 0.3) is 0 Å². The lowest BCUT2D eigenvalue weighted by Gasteiger charge is -2.41. The predicted molar refractivity (Wildman–Crippen MR) is 71.6 cm³/mol. The summed E-state index contributed by atoms with van der Waals surface area (Å²) >= 11 is 0. The Hall–Kier alpha value is -1.71. The summed E-state index contributed by atoms with van der Waals surface area (Å²) in [7, 11) is 3.02. The minimum Gasteiger partial charge on any atom is -0.493 e. The molecule has 1 aliphatic rings. The molecule has 0 spiro atoms. The first kappa shape index (κ1) is 13.7. The SMILES string of the molecule is COC(=O)CC1(Oc2ccc(C)cc2OC)CCC1. The standard InChI is InChI=1S/C15H20O4/c1-11-5-6-12(13(9-11)17-2)19-15(7-4-8-15)10-14(16)18-3/h5-6,9H,4,7-8,10H2,1-3H3. The monoisotopic (exact) mass is 264 g/mol. The molecule has 0 N–H and O–H groups in total. The van der Waals surface area contributed by atoms with Gasteiger partial charge >= 0.3 is 5.97 Å². The molecule has 0 aromatic heterocycles. The van der Waals surface area contributed by atoms with E-state index in [4.69, 9.17) is 14.2 Å². The first-order valence-electron chi connectivity index (χ1n) is 6.49. The van der Waals surface area contributed by atoms with Gasteiger partial charge in [0.05, 0.1) is 20.6 Å². The van der Waals surface area contributed by atoms with Crippen LogP contribution in [0.1, 0.15) is 31.2 Å². The van der Waals surface area contributed by atoms with Crippen LogP contribution < -0.4 is 9.47 Å². The highest BCUT2D eigenvalue weighted by atomic mass is 16.5. The highest BCUT2D eigenvalue weighted by molar-refractivity contribution is 5.70.